The normalized spacial score (nSPS) is 12.0. The van der Waals surface area contributed by atoms with Crippen molar-refractivity contribution in [2.45, 2.75) is 6.04 Å². The van der Waals surface area contributed by atoms with Crippen molar-refractivity contribution in [3.63, 3.8) is 0 Å². The predicted octanol–water partition coefficient (Wildman–Crippen LogP) is 1.21. The molecule has 0 aliphatic heterocycles. The Balaban J connectivity index is 2.88. The minimum Gasteiger partial charge on any atom is -0.312 e. The maximum atomic E-state index is 8.41. The standard InChI is InChI=1S/C8H8N2/c9-6-8(10)7-4-2-1-3-5-7/h1-5,8H,10H2/t8-/m1/s1. The molecule has 0 bridgehead atoms. The van der Waals surface area contributed by atoms with Crippen molar-refractivity contribution in [3.05, 3.63) is 35.9 Å². The monoisotopic (exact) mass is 132 g/mol. The van der Waals surface area contributed by atoms with Crippen LogP contribution in [0.4, 0.5) is 0 Å². The Labute approximate surface area is 59.9 Å². The molecule has 0 amide bonds. The van der Waals surface area contributed by atoms with Gasteiger partial charge in [0.05, 0.1) is 6.07 Å². The van der Waals surface area contributed by atoms with Crippen LogP contribution in [0.2, 0.25) is 0 Å². The summed E-state index contributed by atoms with van der Waals surface area (Å²) in [6, 6.07) is 10.8. The minimum absolute atomic E-state index is 0.485. The highest BCUT2D eigenvalue weighted by atomic mass is 14.6. The van der Waals surface area contributed by atoms with Gasteiger partial charge in [0.1, 0.15) is 6.04 Å². The highest BCUT2D eigenvalue weighted by Crippen LogP contribution is 2.06. The average molecular weight is 132 g/mol. The topological polar surface area (TPSA) is 49.8 Å². The van der Waals surface area contributed by atoms with E-state index < -0.39 is 6.04 Å². The fourth-order valence-corrected chi connectivity index (χ4v) is 0.735. The number of benzene rings is 1. The summed E-state index contributed by atoms with van der Waals surface area (Å²) < 4.78 is 0. The molecule has 1 aromatic carbocycles. The first-order valence-corrected chi connectivity index (χ1v) is 3.04. The van der Waals surface area contributed by atoms with Crippen LogP contribution in [0.15, 0.2) is 30.3 Å². The number of nitrogens with two attached hydrogens (primary N) is 1. The van der Waals surface area contributed by atoms with Crippen molar-refractivity contribution < 1.29 is 0 Å². The van der Waals surface area contributed by atoms with Crippen LogP contribution in [-0.2, 0) is 0 Å². The molecular formula is C8H8N2. The molecule has 0 saturated heterocycles. The Hall–Kier alpha value is -1.33. The van der Waals surface area contributed by atoms with Crippen molar-refractivity contribution in [3.8, 4) is 6.07 Å². The van der Waals surface area contributed by atoms with Gasteiger partial charge in [-0.25, -0.2) is 0 Å². The lowest BCUT2D eigenvalue weighted by Crippen LogP contribution is -2.06. The predicted molar refractivity (Wildman–Crippen MR) is 39.0 cm³/mol. The van der Waals surface area contributed by atoms with E-state index in [1.807, 2.05) is 36.4 Å². The smallest absolute Gasteiger partial charge is 0.118 e. The number of hydrogen-bond acceptors (Lipinski definition) is 2. The molecule has 0 aliphatic rings. The molecule has 0 radical (unpaired) electrons. The molecule has 0 spiro atoms. The van der Waals surface area contributed by atoms with Gasteiger partial charge < -0.3 is 5.73 Å². The van der Waals surface area contributed by atoms with Crippen molar-refractivity contribution in [2.24, 2.45) is 5.73 Å². The van der Waals surface area contributed by atoms with Crippen LogP contribution in [-0.4, -0.2) is 0 Å². The first-order valence-electron chi connectivity index (χ1n) is 3.04. The zero-order chi connectivity index (χ0) is 7.40. The van der Waals surface area contributed by atoms with Gasteiger partial charge >= 0.3 is 0 Å². The van der Waals surface area contributed by atoms with Gasteiger partial charge in [-0.2, -0.15) is 5.26 Å². The quantitative estimate of drug-likeness (QED) is 0.624. The fourth-order valence-electron chi connectivity index (χ4n) is 0.735. The third-order valence-corrected chi connectivity index (χ3v) is 1.30. The van der Waals surface area contributed by atoms with Crippen LogP contribution in [0, 0.1) is 11.3 Å². The van der Waals surface area contributed by atoms with Crippen LogP contribution in [0.25, 0.3) is 0 Å². The summed E-state index contributed by atoms with van der Waals surface area (Å²) >= 11 is 0. The van der Waals surface area contributed by atoms with E-state index in [0.717, 1.165) is 5.56 Å². The SMILES string of the molecule is N#C[C@@H](N)c1ccccc1. The van der Waals surface area contributed by atoms with Gasteiger partial charge in [-0.15, -0.1) is 0 Å². The Morgan fingerprint density at radius 2 is 1.90 bits per heavy atom. The van der Waals surface area contributed by atoms with E-state index >= 15 is 0 Å². The first-order chi connectivity index (χ1) is 4.84. The zero-order valence-electron chi connectivity index (χ0n) is 5.49. The van der Waals surface area contributed by atoms with Crippen molar-refractivity contribution >= 4 is 0 Å². The molecule has 50 valence electrons. The highest BCUT2D eigenvalue weighted by molar-refractivity contribution is 5.22. The lowest BCUT2D eigenvalue weighted by molar-refractivity contribution is 0.926. The van der Waals surface area contributed by atoms with Gasteiger partial charge in [-0.05, 0) is 5.56 Å². The zero-order valence-corrected chi connectivity index (χ0v) is 5.49. The summed E-state index contributed by atoms with van der Waals surface area (Å²) in [6.07, 6.45) is 0. The summed E-state index contributed by atoms with van der Waals surface area (Å²) in [5, 5.41) is 8.41. The van der Waals surface area contributed by atoms with Gasteiger partial charge in [-0.3, -0.25) is 0 Å². The van der Waals surface area contributed by atoms with Gasteiger partial charge in [0.15, 0.2) is 0 Å². The lowest BCUT2D eigenvalue weighted by Gasteiger charge is -1.99. The summed E-state index contributed by atoms with van der Waals surface area (Å²) in [5.74, 6) is 0. The Morgan fingerprint density at radius 3 is 2.40 bits per heavy atom. The number of nitriles is 1. The molecule has 1 aromatic rings. The molecule has 0 aliphatic carbocycles. The molecule has 0 unspecified atom stereocenters. The molecule has 0 fully saturated rings. The van der Waals surface area contributed by atoms with Crippen LogP contribution >= 0.6 is 0 Å². The lowest BCUT2D eigenvalue weighted by atomic mass is 10.1. The summed E-state index contributed by atoms with van der Waals surface area (Å²) in [5.41, 5.74) is 6.30. The van der Waals surface area contributed by atoms with Gasteiger partial charge in [0, 0.05) is 0 Å². The maximum Gasteiger partial charge on any atom is 0.118 e. The van der Waals surface area contributed by atoms with E-state index in [-0.39, 0.29) is 0 Å². The molecule has 1 atom stereocenters. The highest BCUT2D eigenvalue weighted by Gasteiger charge is 1.99. The third kappa shape index (κ3) is 1.34. The molecule has 2 N–H and O–H groups in total. The van der Waals surface area contributed by atoms with Gasteiger partial charge in [0.25, 0.3) is 0 Å². The Morgan fingerprint density at radius 1 is 1.30 bits per heavy atom. The largest absolute Gasteiger partial charge is 0.312 e. The average Bonchev–Trinajstić information content (AvgIpc) is 2.05. The molecular weight excluding hydrogens is 124 g/mol. The minimum atomic E-state index is -0.485. The van der Waals surface area contributed by atoms with Crippen LogP contribution in [0.3, 0.4) is 0 Å². The molecule has 0 heterocycles. The van der Waals surface area contributed by atoms with Gasteiger partial charge in [-0.1, -0.05) is 30.3 Å². The van der Waals surface area contributed by atoms with E-state index in [1.54, 1.807) is 0 Å². The van der Waals surface area contributed by atoms with E-state index in [2.05, 4.69) is 0 Å². The van der Waals surface area contributed by atoms with Crippen LogP contribution in [0.1, 0.15) is 11.6 Å². The van der Waals surface area contributed by atoms with Crippen molar-refractivity contribution in [1.82, 2.24) is 0 Å². The van der Waals surface area contributed by atoms with Crippen LogP contribution in [0.5, 0.6) is 0 Å². The van der Waals surface area contributed by atoms with E-state index in [0.29, 0.717) is 0 Å². The maximum absolute atomic E-state index is 8.41. The van der Waals surface area contributed by atoms with Crippen LogP contribution < -0.4 is 5.73 Å². The Kier molecular flexibility index (Phi) is 2.03. The molecule has 1 rings (SSSR count). The van der Waals surface area contributed by atoms with Crippen molar-refractivity contribution in [1.29, 1.82) is 5.26 Å². The number of rotatable bonds is 1. The molecule has 0 aromatic heterocycles. The molecule has 2 nitrogen and oxygen atoms in total. The van der Waals surface area contributed by atoms with Gasteiger partial charge in [0.2, 0.25) is 0 Å². The van der Waals surface area contributed by atoms with E-state index in [9.17, 15) is 0 Å². The number of hydrogen-bond donors (Lipinski definition) is 1. The van der Waals surface area contributed by atoms with E-state index in [4.69, 9.17) is 11.0 Å². The fraction of sp³-hybridized carbons (Fsp3) is 0.125. The van der Waals surface area contributed by atoms with Crippen molar-refractivity contribution in [2.75, 3.05) is 0 Å². The van der Waals surface area contributed by atoms with E-state index in [1.165, 1.54) is 0 Å². The first kappa shape index (κ1) is 6.79. The second-order valence-electron chi connectivity index (χ2n) is 2.02. The summed E-state index contributed by atoms with van der Waals surface area (Å²) in [4.78, 5) is 0. The molecule has 0 saturated carbocycles. The summed E-state index contributed by atoms with van der Waals surface area (Å²) in [7, 11) is 0. The number of nitrogens with zero attached hydrogens (tertiary/aromatic N) is 1. The summed E-state index contributed by atoms with van der Waals surface area (Å²) in [6.45, 7) is 0. The third-order valence-electron chi connectivity index (χ3n) is 1.30. The second-order valence-corrected chi connectivity index (χ2v) is 2.02. The molecule has 10 heavy (non-hydrogen) atoms. The Bertz CT molecular complexity index is 235. The second kappa shape index (κ2) is 3.00. The molecule has 2 heteroatoms.